The van der Waals surface area contributed by atoms with Crippen LogP contribution in [0, 0.1) is 11.6 Å². The zero-order chi connectivity index (χ0) is 15.6. The highest BCUT2D eigenvalue weighted by Crippen LogP contribution is 2.31. The van der Waals surface area contributed by atoms with Gasteiger partial charge in [0.25, 0.3) is 0 Å². The highest BCUT2D eigenvalue weighted by molar-refractivity contribution is 5.29. The largest absolute Gasteiger partial charge is 0.416 e. The molecule has 0 aliphatic heterocycles. The van der Waals surface area contributed by atoms with Crippen molar-refractivity contribution < 1.29 is 27.1 Å². The molecule has 0 fully saturated rings. The van der Waals surface area contributed by atoms with Gasteiger partial charge in [-0.25, -0.2) is 8.78 Å². The maximum atomic E-state index is 13.5. The van der Waals surface area contributed by atoms with Gasteiger partial charge in [-0.1, -0.05) is 18.2 Å². The second-order valence-electron chi connectivity index (χ2n) is 4.58. The smallest absolute Gasteiger partial charge is 0.388 e. The van der Waals surface area contributed by atoms with Crippen LogP contribution in [-0.4, -0.2) is 5.11 Å². The molecule has 2 aromatic rings. The molecule has 0 radical (unpaired) electrons. The Kier molecular flexibility index (Phi) is 4.27. The van der Waals surface area contributed by atoms with Crippen molar-refractivity contribution in [1.29, 1.82) is 0 Å². The van der Waals surface area contributed by atoms with E-state index in [2.05, 4.69) is 0 Å². The number of hydrogen-bond donors (Lipinski definition) is 1. The second-order valence-corrected chi connectivity index (χ2v) is 4.58. The van der Waals surface area contributed by atoms with E-state index in [1.807, 2.05) is 0 Å². The summed E-state index contributed by atoms with van der Waals surface area (Å²) in [6.45, 7) is 0. The summed E-state index contributed by atoms with van der Waals surface area (Å²) in [6, 6.07) is 7.03. The average molecular weight is 302 g/mol. The van der Waals surface area contributed by atoms with E-state index in [9.17, 15) is 27.1 Å². The number of hydrogen-bond acceptors (Lipinski definition) is 1. The Balaban J connectivity index is 2.22. The first-order chi connectivity index (χ1) is 9.77. The van der Waals surface area contributed by atoms with Crippen molar-refractivity contribution in [2.24, 2.45) is 0 Å². The van der Waals surface area contributed by atoms with Crippen LogP contribution >= 0.6 is 0 Å². The normalized spacial score (nSPS) is 13.2. The molecular weight excluding hydrogens is 291 g/mol. The van der Waals surface area contributed by atoms with Crippen LogP contribution in [0.1, 0.15) is 22.8 Å². The lowest BCUT2D eigenvalue weighted by Crippen LogP contribution is -2.08. The van der Waals surface area contributed by atoms with E-state index in [1.165, 1.54) is 12.1 Å². The van der Waals surface area contributed by atoms with Gasteiger partial charge in [-0.2, -0.15) is 13.2 Å². The third-order valence-corrected chi connectivity index (χ3v) is 3.03. The first-order valence-electron chi connectivity index (χ1n) is 6.06. The Bertz CT molecular complexity index is 636. The van der Waals surface area contributed by atoms with Gasteiger partial charge in [0.2, 0.25) is 0 Å². The van der Waals surface area contributed by atoms with Crippen LogP contribution < -0.4 is 0 Å². The number of benzene rings is 2. The molecule has 0 bridgehead atoms. The van der Waals surface area contributed by atoms with Crippen LogP contribution in [0.3, 0.4) is 0 Å². The van der Waals surface area contributed by atoms with Crippen LogP contribution in [0.5, 0.6) is 0 Å². The van der Waals surface area contributed by atoms with Crippen LogP contribution in [0.15, 0.2) is 42.5 Å². The summed E-state index contributed by atoms with van der Waals surface area (Å²) < 4.78 is 64.0. The maximum absolute atomic E-state index is 13.5. The highest BCUT2D eigenvalue weighted by Gasteiger charge is 2.30. The Labute approximate surface area is 117 Å². The lowest BCUT2D eigenvalue weighted by atomic mass is 9.99. The van der Waals surface area contributed by atoms with E-state index >= 15 is 0 Å². The zero-order valence-corrected chi connectivity index (χ0v) is 10.7. The number of aliphatic hydroxyl groups is 1. The Morgan fingerprint density at radius 2 is 1.71 bits per heavy atom. The van der Waals surface area contributed by atoms with Gasteiger partial charge < -0.3 is 5.11 Å². The topological polar surface area (TPSA) is 20.2 Å². The van der Waals surface area contributed by atoms with Gasteiger partial charge in [-0.05, 0) is 29.3 Å². The molecule has 2 rings (SSSR count). The van der Waals surface area contributed by atoms with Crippen molar-refractivity contribution in [3.05, 3.63) is 70.8 Å². The summed E-state index contributed by atoms with van der Waals surface area (Å²) >= 11 is 0. The SMILES string of the molecule is OC(Cc1ccc(F)cc1F)c1cccc(C(F)(F)F)c1. The van der Waals surface area contributed by atoms with Gasteiger partial charge in [0.05, 0.1) is 11.7 Å². The van der Waals surface area contributed by atoms with Crippen molar-refractivity contribution in [3.63, 3.8) is 0 Å². The molecule has 1 N–H and O–H groups in total. The Morgan fingerprint density at radius 1 is 1.00 bits per heavy atom. The average Bonchev–Trinajstić information content (AvgIpc) is 2.41. The van der Waals surface area contributed by atoms with E-state index in [0.29, 0.717) is 6.07 Å². The van der Waals surface area contributed by atoms with Crippen molar-refractivity contribution >= 4 is 0 Å². The molecule has 0 amide bonds. The number of alkyl halides is 3. The molecule has 0 spiro atoms. The van der Waals surface area contributed by atoms with Crippen LogP contribution in [0.2, 0.25) is 0 Å². The van der Waals surface area contributed by atoms with Crippen molar-refractivity contribution in [3.8, 4) is 0 Å². The van der Waals surface area contributed by atoms with Crippen molar-refractivity contribution in [2.45, 2.75) is 18.7 Å². The van der Waals surface area contributed by atoms with Gasteiger partial charge in [-0.15, -0.1) is 0 Å². The lowest BCUT2D eigenvalue weighted by molar-refractivity contribution is -0.137. The van der Waals surface area contributed by atoms with Crippen LogP contribution in [0.25, 0.3) is 0 Å². The molecule has 1 nitrogen and oxygen atoms in total. The zero-order valence-electron chi connectivity index (χ0n) is 10.7. The molecule has 6 heteroatoms. The fraction of sp³-hybridized carbons (Fsp3) is 0.200. The van der Waals surface area contributed by atoms with E-state index in [-0.39, 0.29) is 17.5 Å². The summed E-state index contributed by atoms with van der Waals surface area (Å²) in [5.74, 6) is -1.61. The fourth-order valence-corrected chi connectivity index (χ4v) is 1.94. The molecule has 0 aliphatic rings. The molecule has 1 atom stereocenters. The molecule has 0 saturated heterocycles. The van der Waals surface area contributed by atoms with Gasteiger partial charge in [-0.3, -0.25) is 0 Å². The first kappa shape index (κ1) is 15.4. The predicted octanol–water partition coefficient (Wildman–Crippen LogP) is 4.26. The molecule has 2 aromatic carbocycles. The minimum atomic E-state index is -4.52. The molecule has 0 aliphatic carbocycles. The third-order valence-electron chi connectivity index (χ3n) is 3.03. The highest BCUT2D eigenvalue weighted by atomic mass is 19.4. The quantitative estimate of drug-likeness (QED) is 0.840. The van der Waals surface area contributed by atoms with E-state index in [0.717, 1.165) is 24.3 Å². The van der Waals surface area contributed by atoms with Gasteiger partial charge in [0.1, 0.15) is 11.6 Å². The van der Waals surface area contributed by atoms with Crippen LogP contribution in [0.4, 0.5) is 22.0 Å². The minimum Gasteiger partial charge on any atom is -0.388 e. The monoisotopic (exact) mass is 302 g/mol. The predicted molar refractivity (Wildman–Crippen MR) is 66.5 cm³/mol. The molecule has 21 heavy (non-hydrogen) atoms. The van der Waals surface area contributed by atoms with Crippen molar-refractivity contribution in [2.75, 3.05) is 0 Å². The molecular formula is C15H11F5O. The van der Waals surface area contributed by atoms with Gasteiger partial charge in [0.15, 0.2) is 0 Å². The molecule has 112 valence electrons. The fourth-order valence-electron chi connectivity index (χ4n) is 1.94. The van der Waals surface area contributed by atoms with Gasteiger partial charge >= 0.3 is 6.18 Å². The van der Waals surface area contributed by atoms with Crippen molar-refractivity contribution in [1.82, 2.24) is 0 Å². The minimum absolute atomic E-state index is 0.0218. The molecule has 1 unspecified atom stereocenters. The Hall–Kier alpha value is -1.95. The maximum Gasteiger partial charge on any atom is 0.416 e. The molecule has 0 saturated carbocycles. The molecule has 0 heterocycles. The summed E-state index contributed by atoms with van der Waals surface area (Å²) in [5, 5.41) is 9.93. The lowest BCUT2D eigenvalue weighted by Gasteiger charge is -2.14. The number of rotatable bonds is 3. The van der Waals surface area contributed by atoms with Gasteiger partial charge in [0, 0.05) is 12.5 Å². The first-order valence-corrected chi connectivity index (χ1v) is 6.06. The summed E-state index contributed by atoms with van der Waals surface area (Å²) in [6.07, 6.45) is -6.07. The molecule has 0 aromatic heterocycles. The number of aliphatic hydroxyl groups excluding tert-OH is 1. The van der Waals surface area contributed by atoms with Crippen LogP contribution in [-0.2, 0) is 12.6 Å². The Morgan fingerprint density at radius 3 is 2.33 bits per heavy atom. The number of halogens is 5. The summed E-state index contributed by atoms with van der Waals surface area (Å²) in [4.78, 5) is 0. The van der Waals surface area contributed by atoms with E-state index < -0.39 is 29.5 Å². The second kappa shape index (κ2) is 5.81. The summed E-state index contributed by atoms with van der Waals surface area (Å²) in [7, 11) is 0. The summed E-state index contributed by atoms with van der Waals surface area (Å²) in [5.41, 5.74) is -0.839. The standard InChI is InChI=1S/C15H11F5O/c16-12-5-4-9(13(17)8-12)7-14(21)10-2-1-3-11(6-10)15(18,19)20/h1-6,8,14,21H,7H2. The third kappa shape index (κ3) is 3.78. The van der Waals surface area contributed by atoms with E-state index in [4.69, 9.17) is 0 Å². The van der Waals surface area contributed by atoms with E-state index in [1.54, 1.807) is 0 Å².